The number of rotatable bonds is 5. The summed E-state index contributed by atoms with van der Waals surface area (Å²) < 4.78 is 2.20. The summed E-state index contributed by atoms with van der Waals surface area (Å²) in [5, 5.41) is 11.6. The monoisotopic (exact) mass is 304 g/mol. The van der Waals surface area contributed by atoms with Crippen LogP contribution in [0.1, 0.15) is 75.9 Å². The van der Waals surface area contributed by atoms with Crippen molar-refractivity contribution < 1.29 is 4.79 Å². The van der Waals surface area contributed by atoms with Crippen molar-refractivity contribution >= 4 is 5.91 Å². The van der Waals surface area contributed by atoms with Gasteiger partial charge >= 0.3 is 0 Å². The number of nitrogens with zero attached hydrogens (tertiary/aromatic N) is 3. The van der Waals surface area contributed by atoms with Crippen LogP contribution in [-0.4, -0.2) is 20.7 Å². The second-order valence-electron chi connectivity index (χ2n) is 6.81. The third kappa shape index (κ3) is 4.08. The van der Waals surface area contributed by atoms with E-state index in [1.165, 1.54) is 51.4 Å². The van der Waals surface area contributed by atoms with E-state index < -0.39 is 0 Å². The zero-order valence-electron chi connectivity index (χ0n) is 13.5. The minimum atomic E-state index is 0.163. The fourth-order valence-corrected chi connectivity index (χ4v) is 3.75. The van der Waals surface area contributed by atoms with Crippen LogP contribution in [0.5, 0.6) is 0 Å². The van der Waals surface area contributed by atoms with Crippen molar-refractivity contribution in [3.05, 3.63) is 11.6 Å². The van der Waals surface area contributed by atoms with Gasteiger partial charge in [-0.25, -0.2) is 0 Å². The minimum absolute atomic E-state index is 0.163. The summed E-state index contributed by atoms with van der Waals surface area (Å²) in [4.78, 5) is 12.0. The maximum atomic E-state index is 12.0. The number of hydrogen-bond donors (Lipinski definition) is 1. The molecule has 3 rings (SSSR count). The molecule has 5 nitrogen and oxygen atoms in total. The Morgan fingerprint density at radius 2 is 1.91 bits per heavy atom. The van der Waals surface area contributed by atoms with E-state index >= 15 is 0 Å². The van der Waals surface area contributed by atoms with Gasteiger partial charge in [0.25, 0.3) is 0 Å². The number of fused-ring (bicyclic) bond motifs is 1. The molecule has 22 heavy (non-hydrogen) atoms. The van der Waals surface area contributed by atoms with Crippen LogP contribution >= 0.6 is 0 Å². The second-order valence-corrected chi connectivity index (χ2v) is 6.81. The molecule has 1 amide bonds. The van der Waals surface area contributed by atoms with Crippen LogP contribution < -0.4 is 5.32 Å². The number of amides is 1. The average molecular weight is 304 g/mol. The van der Waals surface area contributed by atoms with Crippen molar-refractivity contribution in [3.63, 3.8) is 0 Å². The first kappa shape index (κ1) is 15.5. The normalized spacial score (nSPS) is 19.5. The zero-order valence-corrected chi connectivity index (χ0v) is 13.5. The highest BCUT2D eigenvalue weighted by Crippen LogP contribution is 2.27. The van der Waals surface area contributed by atoms with Gasteiger partial charge in [0.05, 0.1) is 6.54 Å². The van der Waals surface area contributed by atoms with Crippen LogP contribution in [0.25, 0.3) is 0 Å². The molecule has 1 N–H and O–H groups in total. The summed E-state index contributed by atoms with van der Waals surface area (Å²) in [7, 11) is 0. The lowest BCUT2D eigenvalue weighted by molar-refractivity contribution is -0.121. The topological polar surface area (TPSA) is 59.8 Å². The first-order chi connectivity index (χ1) is 10.8. The van der Waals surface area contributed by atoms with Gasteiger partial charge in [0.2, 0.25) is 5.91 Å². The Kier molecular flexibility index (Phi) is 5.46. The lowest BCUT2D eigenvalue weighted by atomic mass is 9.86. The molecule has 0 saturated heterocycles. The molecule has 122 valence electrons. The second kappa shape index (κ2) is 7.75. The summed E-state index contributed by atoms with van der Waals surface area (Å²) in [5.74, 6) is 2.94. The average Bonchev–Trinajstić information content (AvgIpc) is 2.78. The lowest BCUT2D eigenvalue weighted by Gasteiger charge is -2.20. The molecule has 1 aliphatic heterocycles. The van der Waals surface area contributed by atoms with Gasteiger partial charge in [-0.05, 0) is 25.2 Å². The zero-order chi connectivity index (χ0) is 15.2. The number of carbonyl (C=O) groups is 1. The van der Waals surface area contributed by atoms with E-state index in [4.69, 9.17) is 0 Å². The Morgan fingerprint density at radius 3 is 2.77 bits per heavy atom. The molecule has 1 aromatic heterocycles. The highest BCUT2D eigenvalue weighted by molar-refractivity contribution is 5.75. The van der Waals surface area contributed by atoms with E-state index in [-0.39, 0.29) is 5.91 Å². The first-order valence-electron chi connectivity index (χ1n) is 9.00. The number of aromatic nitrogens is 3. The maximum Gasteiger partial charge on any atom is 0.220 e. The molecule has 0 spiro atoms. The number of hydrogen-bond acceptors (Lipinski definition) is 3. The van der Waals surface area contributed by atoms with Gasteiger partial charge < -0.3 is 9.88 Å². The molecule has 2 aliphatic rings. The molecular weight excluding hydrogens is 276 g/mol. The third-order valence-corrected chi connectivity index (χ3v) is 5.13. The molecule has 0 bridgehead atoms. The van der Waals surface area contributed by atoms with Gasteiger partial charge in [0.1, 0.15) is 5.82 Å². The van der Waals surface area contributed by atoms with E-state index in [2.05, 4.69) is 20.1 Å². The molecule has 0 unspecified atom stereocenters. The largest absolute Gasteiger partial charge is 0.349 e. The molecule has 1 aliphatic carbocycles. The Labute approximate surface area is 132 Å². The summed E-state index contributed by atoms with van der Waals surface area (Å²) in [5.41, 5.74) is 0. The summed E-state index contributed by atoms with van der Waals surface area (Å²) in [6, 6.07) is 0. The van der Waals surface area contributed by atoms with Crippen LogP contribution in [-0.2, 0) is 24.3 Å². The van der Waals surface area contributed by atoms with Gasteiger partial charge in [0.15, 0.2) is 5.82 Å². The summed E-state index contributed by atoms with van der Waals surface area (Å²) in [6.07, 6.45) is 13.1. The first-order valence-corrected chi connectivity index (χ1v) is 9.00. The van der Waals surface area contributed by atoms with Crippen molar-refractivity contribution in [1.82, 2.24) is 20.1 Å². The van der Waals surface area contributed by atoms with E-state index in [1.54, 1.807) is 0 Å². The Bertz CT molecular complexity index is 491. The van der Waals surface area contributed by atoms with Crippen molar-refractivity contribution in [2.24, 2.45) is 5.92 Å². The molecule has 2 heterocycles. The summed E-state index contributed by atoms with van der Waals surface area (Å²) >= 11 is 0. The van der Waals surface area contributed by atoms with Crippen LogP contribution in [0.3, 0.4) is 0 Å². The van der Waals surface area contributed by atoms with E-state index in [0.717, 1.165) is 37.0 Å². The van der Waals surface area contributed by atoms with Gasteiger partial charge in [-0.2, -0.15) is 0 Å². The molecule has 1 aromatic rings. The molecule has 0 atom stereocenters. The van der Waals surface area contributed by atoms with Gasteiger partial charge in [-0.1, -0.05) is 38.5 Å². The molecule has 1 saturated carbocycles. The van der Waals surface area contributed by atoms with Crippen LogP contribution in [0.2, 0.25) is 0 Å². The predicted molar refractivity (Wildman–Crippen MR) is 85.2 cm³/mol. The smallest absolute Gasteiger partial charge is 0.220 e. The number of nitrogens with one attached hydrogen (secondary N) is 1. The standard InChI is InChI=1S/C17H28N4O/c22-17(11-10-14-7-3-1-4-8-14)18-13-16-20-19-15-9-5-2-6-12-21(15)16/h14H,1-13H2,(H,18,22). The maximum absolute atomic E-state index is 12.0. The third-order valence-electron chi connectivity index (χ3n) is 5.13. The highest BCUT2D eigenvalue weighted by atomic mass is 16.1. The predicted octanol–water partition coefficient (Wildman–Crippen LogP) is 2.98. The van der Waals surface area contributed by atoms with Crippen molar-refractivity contribution in [3.8, 4) is 0 Å². The fraction of sp³-hybridized carbons (Fsp3) is 0.824. The van der Waals surface area contributed by atoms with Crippen molar-refractivity contribution in [2.75, 3.05) is 0 Å². The van der Waals surface area contributed by atoms with E-state index in [0.29, 0.717) is 13.0 Å². The molecule has 0 radical (unpaired) electrons. The van der Waals surface area contributed by atoms with Gasteiger partial charge in [-0.15, -0.1) is 10.2 Å². The number of aryl methyl sites for hydroxylation is 1. The van der Waals surface area contributed by atoms with Crippen molar-refractivity contribution in [2.45, 2.75) is 83.7 Å². The Hall–Kier alpha value is -1.39. The lowest BCUT2D eigenvalue weighted by Crippen LogP contribution is -2.25. The van der Waals surface area contributed by atoms with Gasteiger partial charge in [-0.3, -0.25) is 4.79 Å². The number of carbonyl (C=O) groups excluding carboxylic acids is 1. The Morgan fingerprint density at radius 1 is 1.09 bits per heavy atom. The van der Waals surface area contributed by atoms with Crippen LogP contribution in [0.4, 0.5) is 0 Å². The molecule has 0 aromatic carbocycles. The van der Waals surface area contributed by atoms with E-state index in [9.17, 15) is 4.79 Å². The van der Waals surface area contributed by atoms with Crippen LogP contribution in [0, 0.1) is 5.92 Å². The molecular formula is C17H28N4O. The fourth-order valence-electron chi connectivity index (χ4n) is 3.75. The SMILES string of the molecule is O=C(CCC1CCCCC1)NCc1nnc2n1CCCCC2. The summed E-state index contributed by atoms with van der Waals surface area (Å²) in [6.45, 7) is 1.52. The van der Waals surface area contributed by atoms with Crippen molar-refractivity contribution in [1.29, 1.82) is 0 Å². The quantitative estimate of drug-likeness (QED) is 0.909. The molecule has 1 fully saturated rings. The Balaban J connectivity index is 1.44. The van der Waals surface area contributed by atoms with E-state index in [1.807, 2.05) is 0 Å². The minimum Gasteiger partial charge on any atom is -0.349 e. The van der Waals surface area contributed by atoms with Crippen LogP contribution in [0.15, 0.2) is 0 Å². The molecule has 5 heteroatoms. The highest BCUT2D eigenvalue weighted by Gasteiger charge is 2.17. The van der Waals surface area contributed by atoms with Gasteiger partial charge in [0, 0.05) is 19.4 Å².